The lowest BCUT2D eigenvalue weighted by Gasteiger charge is -2.44. The largest absolute Gasteiger partial charge is 0.360 e. The molecular weight excluding hydrogens is 332 g/mol. The number of rotatable bonds is 11. The number of ether oxygens (including phenoxy) is 1. The second kappa shape index (κ2) is 9.61. The molecule has 0 aromatic carbocycles. The summed E-state index contributed by atoms with van der Waals surface area (Å²) in [6.07, 6.45) is 1.22. The van der Waals surface area contributed by atoms with Gasteiger partial charge in [-0.3, -0.25) is 9.69 Å². The first kappa shape index (κ1) is 24.7. The normalized spacial score (nSPS) is 13.6. The first-order valence-electron chi connectivity index (χ1n) is 9.45. The van der Waals surface area contributed by atoms with Crippen LogP contribution in [0.3, 0.4) is 0 Å². The highest BCUT2D eigenvalue weighted by molar-refractivity contribution is 7.81. The third-order valence-electron chi connectivity index (χ3n) is 4.24. The molecule has 0 unspecified atom stereocenters. The van der Waals surface area contributed by atoms with Crippen LogP contribution in [0.25, 0.3) is 0 Å². The minimum absolute atomic E-state index is 0.130. The summed E-state index contributed by atoms with van der Waals surface area (Å²) < 4.78 is 5.85. The van der Waals surface area contributed by atoms with Crippen molar-refractivity contribution in [1.82, 2.24) is 9.80 Å². The highest BCUT2D eigenvalue weighted by Gasteiger charge is 2.37. The zero-order chi connectivity index (χ0) is 20.1. The average Bonchev–Trinajstić information content (AvgIpc) is 2.38. The SMILES string of the molecule is CCN(C)COC(C)(C)CC(=O)N(CC(C)C)C(C)(C)CC(C)(C)S. The fraction of sp³-hybridized carbons (Fsp3) is 0.950. The van der Waals surface area contributed by atoms with E-state index in [0.717, 1.165) is 19.5 Å². The van der Waals surface area contributed by atoms with Gasteiger partial charge in [0.15, 0.2) is 0 Å². The molecule has 1 amide bonds. The van der Waals surface area contributed by atoms with Crippen LogP contribution < -0.4 is 0 Å². The molecule has 0 saturated carbocycles. The van der Waals surface area contributed by atoms with Gasteiger partial charge in [-0.1, -0.05) is 34.6 Å². The number of carbonyl (C=O) groups excluding carboxylic acids is 1. The predicted octanol–water partition coefficient (Wildman–Crippen LogP) is 4.44. The molecule has 150 valence electrons. The van der Waals surface area contributed by atoms with Crippen molar-refractivity contribution in [3.05, 3.63) is 0 Å². The molecule has 0 N–H and O–H groups in total. The maximum absolute atomic E-state index is 13.1. The van der Waals surface area contributed by atoms with E-state index in [1.54, 1.807) is 0 Å². The van der Waals surface area contributed by atoms with Crippen molar-refractivity contribution < 1.29 is 9.53 Å². The second-order valence-corrected chi connectivity index (χ2v) is 10.8. The lowest BCUT2D eigenvalue weighted by molar-refractivity contribution is -0.146. The van der Waals surface area contributed by atoms with Crippen molar-refractivity contribution in [3.63, 3.8) is 0 Å². The van der Waals surface area contributed by atoms with Crippen molar-refractivity contribution in [1.29, 1.82) is 0 Å². The summed E-state index contributed by atoms with van der Waals surface area (Å²) in [7, 11) is 2.01. The highest BCUT2D eigenvalue weighted by Crippen LogP contribution is 2.32. The van der Waals surface area contributed by atoms with Gasteiger partial charge in [0.05, 0.1) is 18.8 Å². The molecule has 0 rings (SSSR count). The molecule has 0 fully saturated rings. The summed E-state index contributed by atoms with van der Waals surface area (Å²) in [6, 6.07) is 0. The molecule has 0 radical (unpaired) electrons. The Bertz CT molecular complexity index is 414. The summed E-state index contributed by atoms with van der Waals surface area (Å²) in [4.78, 5) is 17.3. The second-order valence-electron chi connectivity index (χ2n) is 9.58. The fourth-order valence-corrected chi connectivity index (χ4v) is 3.48. The molecule has 4 nitrogen and oxygen atoms in total. The van der Waals surface area contributed by atoms with Crippen molar-refractivity contribution in [3.8, 4) is 0 Å². The van der Waals surface area contributed by atoms with Gasteiger partial charge >= 0.3 is 0 Å². The molecule has 0 atom stereocenters. The van der Waals surface area contributed by atoms with Gasteiger partial charge in [0.25, 0.3) is 0 Å². The number of hydrogen-bond acceptors (Lipinski definition) is 4. The molecule has 5 heteroatoms. The Hall–Kier alpha value is -0.260. The summed E-state index contributed by atoms with van der Waals surface area (Å²) >= 11 is 4.69. The van der Waals surface area contributed by atoms with Crippen molar-refractivity contribution >= 4 is 18.5 Å². The molecule has 0 aromatic rings. The zero-order valence-corrected chi connectivity index (χ0v) is 19.2. The number of amides is 1. The van der Waals surface area contributed by atoms with Gasteiger partial charge in [0, 0.05) is 16.8 Å². The van der Waals surface area contributed by atoms with Crippen LogP contribution in [-0.4, -0.2) is 58.5 Å². The Morgan fingerprint density at radius 1 is 1.12 bits per heavy atom. The monoisotopic (exact) mass is 374 g/mol. The molecule has 25 heavy (non-hydrogen) atoms. The van der Waals surface area contributed by atoms with E-state index in [2.05, 4.69) is 66.0 Å². The number of hydrogen-bond donors (Lipinski definition) is 1. The Balaban J connectivity index is 5.17. The van der Waals surface area contributed by atoms with Gasteiger partial charge in [-0.25, -0.2) is 0 Å². The third-order valence-corrected chi connectivity index (χ3v) is 4.40. The van der Waals surface area contributed by atoms with Crippen LogP contribution >= 0.6 is 12.6 Å². The molecule has 0 heterocycles. The molecule has 0 aliphatic carbocycles. The van der Waals surface area contributed by atoms with Gasteiger partial charge < -0.3 is 9.64 Å². The lowest BCUT2D eigenvalue weighted by atomic mass is 9.88. The van der Waals surface area contributed by atoms with Crippen LogP contribution in [0.15, 0.2) is 0 Å². The summed E-state index contributed by atoms with van der Waals surface area (Å²) in [5, 5.41) is 0. The highest BCUT2D eigenvalue weighted by atomic mass is 32.1. The van der Waals surface area contributed by atoms with E-state index in [9.17, 15) is 4.79 Å². The van der Waals surface area contributed by atoms with E-state index >= 15 is 0 Å². The number of carbonyl (C=O) groups is 1. The number of nitrogens with zero attached hydrogens (tertiary/aromatic N) is 2. The van der Waals surface area contributed by atoms with Crippen LogP contribution in [0.2, 0.25) is 0 Å². The van der Waals surface area contributed by atoms with Crippen molar-refractivity contribution in [2.75, 3.05) is 26.9 Å². The summed E-state index contributed by atoms with van der Waals surface area (Å²) in [5.41, 5.74) is -0.731. The van der Waals surface area contributed by atoms with E-state index in [0.29, 0.717) is 19.1 Å². The Labute approximate surface area is 162 Å². The van der Waals surface area contributed by atoms with E-state index in [1.807, 2.05) is 25.8 Å². The molecule has 0 saturated heterocycles. The van der Waals surface area contributed by atoms with Gasteiger partial charge in [-0.05, 0) is 53.6 Å². The molecule has 0 bridgehead atoms. The average molecular weight is 375 g/mol. The molecule has 0 aliphatic heterocycles. The van der Waals surface area contributed by atoms with E-state index in [4.69, 9.17) is 4.74 Å². The van der Waals surface area contributed by atoms with Crippen LogP contribution in [0, 0.1) is 5.92 Å². The Morgan fingerprint density at radius 2 is 1.64 bits per heavy atom. The van der Waals surface area contributed by atoms with Gasteiger partial charge in [-0.2, -0.15) is 12.6 Å². The molecule has 0 aliphatic rings. The predicted molar refractivity (Wildman–Crippen MR) is 111 cm³/mol. The van der Waals surface area contributed by atoms with Crippen LogP contribution in [0.4, 0.5) is 0 Å². The van der Waals surface area contributed by atoms with E-state index < -0.39 is 5.60 Å². The van der Waals surface area contributed by atoms with Gasteiger partial charge in [0.2, 0.25) is 5.91 Å². The summed E-state index contributed by atoms with van der Waals surface area (Å²) in [5.74, 6) is 0.571. The van der Waals surface area contributed by atoms with Gasteiger partial charge in [0.1, 0.15) is 0 Å². The lowest BCUT2D eigenvalue weighted by Crippen LogP contribution is -2.53. The topological polar surface area (TPSA) is 32.8 Å². The Kier molecular flexibility index (Phi) is 9.51. The Morgan fingerprint density at radius 3 is 2.04 bits per heavy atom. The quantitative estimate of drug-likeness (QED) is 0.428. The maximum Gasteiger partial charge on any atom is 0.225 e. The smallest absolute Gasteiger partial charge is 0.225 e. The molecule has 0 aromatic heterocycles. The third kappa shape index (κ3) is 10.5. The van der Waals surface area contributed by atoms with E-state index in [1.165, 1.54) is 0 Å². The zero-order valence-electron chi connectivity index (χ0n) is 18.3. The van der Waals surface area contributed by atoms with Crippen molar-refractivity contribution in [2.24, 2.45) is 5.92 Å². The van der Waals surface area contributed by atoms with Crippen LogP contribution in [-0.2, 0) is 9.53 Å². The first-order valence-corrected chi connectivity index (χ1v) is 9.90. The first-order chi connectivity index (χ1) is 11.1. The minimum Gasteiger partial charge on any atom is -0.360 e. The van der Waals surface area contributed by atoms with E-state index in [-0.39, 0.29) is 16.2 Å². The molecular formula is C20H42N2O2S. The molecule has 0 spiro atoms. The fourth-order valence-electron chi connectivity index (χ4n) is 3.09. The number of thiol groups is 1. The maximum atomic E-state index is 13.1. The van der Waals surface area contributed by atoms with Crippen LogP contribution in [0.1, 0.15) is 75.2 Å². The van der Waals surface area contributed by atoms with Crippen LogP contribution in [0.5, 0.6) is 0 Å². The standard InChI is InChI=1S/C20H42N2O2S/c1-11-21(10)15-24-19(6,7)12-17(23)22(13-16(2)3)18(4,5)14-20(8,9)25/h16,25H,11-15H2,1-10H3. The minimum atomic E-state index is -0.484. The van der Waals surface area contributed by atoms with Gasteiger partial charge in [-0.15, -0.1) is 0 Å². The summed E-state index contributed by atoms with van der Waals surface area (Å²) in [6.45, 7) is 21.1. The van der Waals surface area contributed by atoms with Crippen molar-refractivity contribution in [2.45, 2.75) is 91.0 Å².